The van der Waals surface area contributed by atoms with E-state index in [0.717, 1.165) is 5.88 Å². The number of aromatic nitrogens is 1. The fourth-order valence-electron chi connectivity index (χ4n) is 1.27. The third kappa shape index (κ3) is 1.46. The van der Waals surface area contributed by atoms with Crippen molar-refractivity contribution < 1.29 is 9.47 Å². The van der Waals surface area contributed by atoms with Crippen molar-refractivity contribution in [2.45, 2.75) is 18.9 Å². The highest BCUT2D eigenvalue weighted by molar-refractivity contribution is 5.16. The van der Waals surface area contributed by atoms with E-state index in [1.54, 1.807) is 7.11 Å². The smallest absolute Gasteiger partial charge is 0.196 e. The van der Waals surface area contributed by atoms with Crippen molar-refractivity contribution in [1.82, 2.24) is 4.57 Å². The number of hydrogen-bond donors (Lipinski definition) is 0. The van der Waals surface area contributed by atoms with Gasteiger partial charge in [-0.2, -0.15) is 0 Å². The first-order valence-electron chi connectivity index (χ1n) is 4.20. The average molecular weight is 167 g/mol. The maximum atomic E-state index is 5.37. The topological polar surface area (TPSA) is 23.4 Å². The van der Waals surface area contributed by atoms with Gasteiger partial charge in [0.1, 0.15) is 0 Å². The van der Waals surface area contributed by atoms with Gasteiger partial charge in [-0.15, -0.1) is 0 Å². The Morgan fingerprint density at radius 2 is 2.42 bits per heavy atom. The van der Waals surface area contributed by atoms with Crippen LogP contribution in [-0.4, -0.2) is 18.5 Å². The maximum absolute atomic E-state index is 5.37. The summed E-state index contributed by atoms with van der Waals surface area (Å²) < 4.78 is 12.4. The van der Waals surface area contributed by atoms with Crippen LogP contribution >= 0.6 is 0 Å². The minimum absolute atomic E-state index is 0.330. The quantitative estimate of drug-likeness (QED) is 0.638. The Kier molecular flexibility index (Phi) is 2.04. The lowest BCUT2D eigenvalue weighted by Gasteiger charge is -2.07. The summed E-state index contributed by atoms with van der Waals surface area (Å²) >= 11 is 0. The van der Waals surface area contributed by atoms with Crippen LogP contribution in [0.5, 0.6) is 5.88 Å². The van der Waals surface area contributed by atoms with Gasteiger partial charge in [0.15, 0.2) is 12.7 Å². The van der Waals surface area contributed by atoms with Gasteiger partial charge >= 0.3 is 0 Å². The highest BCUT2D eigenvalue weighted by atomic mass is 16.7. The molecule has 0 atom stereocenters. The third-order valence-corrected chi connectivity index (χ3v) is 2.00. The first kappa shape index (κ1) is 7.68. The normalized spacial score (nSPS) is 16.4. The Morgan fingerprint density at radius 3 is 3.08 bits per heavy atom. The van der Waals surface area contributed by atoms with Gasteiger partial charge in [-0.05, 0) is 25.0 Å². The molecule has 0 radical (unpaired) electrons. The van der Waals surface area contributed by atoms with Crippen LogP contribution in [0.3, 0.4) is 0 Å². The highest BCUT2D eigenvalue weighted by Gasteiger charge is 2.25. The van der Waals surface area contributed by atoms with Gasteiger partial charge in [-0.25, -0.2) is 0 Å². The van der Waals surface area contributed by atoms with Crippen LogP contribution in [0.2, 0.25) is 0 Å². The van der Waals surface area contributed by atoms with E-state index in [-0.39, 0.29) is 0 Å². The van der Waals surface area contributed by atoms with E-state index < -0.39 is 0 Å². The summed E-state index contributed by atoms with van der Waals surface area (Å²) in [5, 5.41) is 0. The Morgan fingerprint density at radius 1 is 1.58 bits per heavy atom. The number of nitrogens with zero attached hydrogens (tertiary/aromatic N) is 1. The number of hydrogen-bond acceptors (Lipinski definition) is 2. The largest absolute Gasteiger partial charge is 0.452 e. The minimum Gasteiger partial charge on any atom is -0.452 e. The van der Waals surface area contributed by atoms with Gasteiger partial charge in [-0.1, -0.05) is 0 Å². The molecule has 0 spiro atoms. The summed E-state index contributed by atoms with van der Waals surface area (Å²) in [6, 6.07) is 4.65. The predicted molar refractivity (Wildman–Crippen MR) is 45.2 cm³/mol. The fourth-order valence-corrected chi connectivity index (χ4v) is 1.27. The SMILES string of the molecule is COCOc1cccn1C1CC1. The van der Waals surface area contributed by atoms with Crippen LogP contribution in [0.1, 0.15) is 18.9 Å². The zero-order valence-electron chi connectivity index (χ0n) is 7.19. The van der Waals surface area contributed by atoms with Crippen molar-refractivity contribution in [3.63, 3.8) is 0 Å². The molecule has 1 aromatic rings. The molecule has 1 aliphatic carbocycles. The van der Waals surface area contributed by atoms with Crippen LogP contribution in [0.15, 0.2) is 18.3 Å². The lowest BCUT2D eigenvalue weighted by molar-refractivity contribution is 0.0450. The lowest BCUT2D eigenvalue weighted by atomic mass is 10.6. The molecule has 0 unspecified atom stereocenters. The van der Waals surface area contributed by atoms with Gasteiger partial charge in [-0.3, -0.25) is 0 Å². The van der Waals surface area contributed by atoms with Crippen LogP contribution in [0, 0.1) is 0 Å². The average Bonchev–Trinajstić information content (AvgIpc) is 2.83. The standard InChI is InChI=1S/C9H13NO2/c1-11-7-12-9-3-2-6-10(9)8-4-5-8/h2-3,6,8H,4-5,7H2,1H3. The molecule has 0 amide bonds. The summed E-state index contributed by atoms with van der Waals surface area (Å²) in [4.78, 5) is 0. The van der Waals surface area contributed by atoms with Gasteiger partial charge in [0.25, 0.3) is 0 Å². The van der Waals surface area contributed by atoms with Crippen molar-refractivity contribution in [2.75, 3.05) is 13.9 Å². The van der Waals surface area contributed by atoms with Crippen LogP contribution in [0.25, 0.3) is 0 Å². The second-order valence-electron chi connectivity index (χ2n) is 3.04. The maximum Gasteiger partial charge on any atom is 0.196 e. The predicted octanol–water partition coefficient (Wildman–Crippen LogP) is 1.81. The van der Waals surface area contributed by atoms with E-state index in [1.165, 1.54) is 12.8 Å². The Labute approximate surface area is 71.9 Å². The molecule has 12 heavy (non-hydrogen) atoms. The fraction of sp³-hybridized carbons (Fsp3) is 0.556. The van der Waals surface area contributed by atoms with Gasteiger partial charge < -0.3 is 14.0 Å². The lowest BCUT2D eigenvalue weighted by Crippen LogP contribution is -2.03. The first-order chi connectivity index (χ1) is 5.92. The van der Waals surface area contributed by atoms with Crippen molar-refractivity contribution in [1.29, 1.82) is 0 Å². The van der Waals surface area contributed by atoms with E-state index in [4.69, 9.17) is 9.47 Å². The second kappa shape index (κ2) is 3.19. The highest BCUT2D eigenvalue weighted by Crippen LogP contribution is 2.38. The first-order valence-corrected chi connectivity index (χ1v) is 4.20. The van der Waals surface area contributed by atoms with Crippen LogP contribution < -0.4 is 4.74 Å². The molecule has 1 aromatic heterocycles. The molecular weight excluding hydrogens is 154 g/mol. The summed E-state index contributed by atoms with van der Waals surface area (Å²) in [6.45, 7) is 0.330. The molecule has 3 heteroatoms. The Balaban J connectivity index is 2.03. The van der Waals surface area contributed by atoms with E-state index in [1.807, 2.05) is 12.1 Å². The summed E-state index contributed by atoms with van der Waals surface area (Å²) in [6.07, 6.45) is 4.61. The van der Waals surface area contributed by atoms with Gasteiger partial charge in [0, 0.05) is 19.3 Å². The Bertz CT molecular complexity index is 253. The number of ether oxygens (including phenoxy) is 2. The monoisotopic (exact) mass is 167 g/mol. The molecule has 2 rings (SSSR count). The molecule has 1 aliphatic rings. The third-order valence-electron chi connectivity index (χ3n) is 2.00. The molecule has 0 aliphatic heterocycles. The molecule has 1 heterocycles. The molecule has 0 aromatic carbocycles. The number of rotatable bonds is 4. The molecule has 0 saturated heterocycles. The molecule has 1 fully saturated rings. The van der Waals surface area contributed by atoms with E-state index in [9.17, 15) is 0 Å². The van der Waals surface area contributed by atoms with E-state index >= 15 is 0 Å². The van der Waals surface area contributed by atoms with Crippen LogP contribution in [0.4, 0.5) is 0 Å². The zero-order chi connectivity index (χ0) is 8.39. The molecule has 0 N–H and O–H groups in total. The summed E-state index contributed by atoms with van der Waals surface area (Å²) in [5.41, 5.74) is 0. The van der Waals surface area contributed by atoms with E-state index in [0.29, 0.717) is 12.8 Å². The van der Waals surface area contributed by atoms with Gasteiger partial charge in [0.05, 0.1) is 0 Å². The molecule has 3 nitrogen and oxygen atoms in total. The van der Waals surface area contributed by atoms with Crippen molar-refractivity contribution in [3.05, 3.63) is 18.3 Å². The van der Waals surface area contributed by atoms with Crippen molar-refractivity contribution >= 4 is 0 Å². The Hall–Kier alpha value is -0.960. The number of methoxy groups -OCH3 is 1. The molecule has 1 saturated carbocycles. The second-order valence-corrected chi connectivity index (χ2v) is 3.04. The zero-order valence-corrected chi connectivity index (χ0v) is 7.19. The molecule has 66 valence electrons. The summed E-state index contributed by atoms with van der Waals surface area (Å²) in [7, 11) is 1.63. The van der Waals surface area contributed by atoms with E-state index in [2.05, 4.69) is 10.8 Å². The minimum atomic E-state index is 0.330. The molecule has 0 bridgehead atoms. The summed E-state index contributed by atoms with van der Waals surface area (Å²) in [5.74, 6) is 0.916. The van der Waals surface area contributed by atoms with Crippen molar-refractivity contribution in [2.24, 2.45) is 0 Å². The van der Waals surface area contributed by atoms with Crippen molar-refractivity contribution in [3.8, 4) is 5.88 Å². The molecular formula is C9H13NO2. The van der Waals surface area contributed by atoms with Crippen LogP contribution in [-0.2, 0) is 4.74 Å². The van der Waals surface area contributed by atoms with Gasteiger partial charge in [0.2, 0.25) is 0 Å².